The molecule has 0 bridgehead atoms. The summed E-state index contributed by atoms with van der Waals surface area (Å²) in [5, 5.41) is 3.94. The van der Waals surface area contributed by atoms with Gasteiger partial charge in [-0.25, -0.2) is 0 Å². The van der Waals surface area contributed by atoms with E-state index in [1.807, 2.05) is 30.0 Å². The zero-order chi connectivity index (χ0) is 18.5. The molecule has 0 radical (unpaired) electrons. The van der Waals surface area contributed by atoms with E-state index in [4.69, 9.17) is 14.0 Å². The summed E-state index contributed by atoms with van der Waals surface area (Å²) in [5.41, 5.74) is 2.72. The van der Waals surface area contributed by atoms with Crippen molar-refractivity contribution in [1.29, 1.82) is 0 Å². The molecule has 1 amide bonds. The number of amides is 1. The molecular weight excluding hydrogens is 332 g/mol. The smallest absolute Gasteiger partial charge is 0.276 e. The highest BCUT2D eigenvalue weighted by atomic mass is 16.5. The van der Waals surface area contributed by atoms with Gasteiger partial charge in [-0.2, -0.15) is 0 Å². The molecule has 6 heteroatoms. The molecule has 1 aliphatic rings. The predicted octanol–water partition coefficient (Wildman–Crippen LogP) is 3.51. The van der Waals surface area contributed by atoms with Gasteiger partial charge in [0.2, 0.25) is 0 Å². The van der Waals surface area contributed by atoms with E-state index in [9.17, 15) is 4.79 Å². The Labute approximate surface area is 154 Å². The number of aromatic nitrogens is 1. The SMILES string of the molecule is COCC1CCCCN1C(=O)c1cc(COc2ccc(C)c(C)c2)on1. The summed E-state index contributed by atoms with van der Waals surface area (Å²) in [6, 6.07) is 7.70. The maximum Gasteiger partial charge on any atom is 0.276 e. The van der Waals surface area contributed by atoms with Gasteiger partial charge < -0.3 is 18.9 Å². The van der Waals surface area contributed by atoms with Gasteiger partial charge in [0.25, 0.3) is 5.91 Å². The minimum absolute atomic E-state index is 0.104. The van der Waals surface area contributed by atoms with Gasteiger partial charge in [0.1, 0.15) is 12.4 Å². The Hall–Kier alpha value is -2.34. The molecule has 3 rings (SSSR count). The Bertz CT molecular complexity index is 754. The number of carbonyl (C=O) groups is 1. The van der Waals surface area contributed by atoms with E-state index in [1.165, 1.54) is 11.1 Å². The van der Waals surface area contributed by atoms with Crippen LogP contribution in [-0.2, 0) is 11.3 Å². The van der Waals surface area contributed by atoms with Crippen LogP contribution in [0.4, 0.5) is 0 Å². The van der Waals surface area contributed by atoms with Crippen molar-refractivity contribution in [2.75, 3.05) is 20.3 Å². The van der Waals surface area contributed by atoms with Gasteiger partial charge in [-0.15, -0.1) is 0 Å². The number of methoxy groups -OCH3 is 1. The predicted molar refractivity (Wildman–Crippen MR) is 97.3 cm³/mol. The van der Waals surface area contributed by atoms with Gasteiger partial charge in [-0.1, -0.05) is 11.2 Å². The van der Waals surface area contributed by atoms with Crippen LogP contribution in [0.3, 0.4) is 0 Å². The number of benzene rings is 1. The van der Waals surface area contributed by atoms with Crippen molar-refractivity contribution in [3.05, 3.63) is 46.8 Å². The van der Waals surface area contributed by atoms with E-state index in [1.54, 1.807) is 13.2 Å². The average Bonchev–Trinajstić information content (AvgIpc) is 3.12. The quantitative estimate of drug-likeness (QED) is 0.791. The third-order valence-corrected chi connectivity index (χ3v) is 4.88. The molecule has 0 aliphatic carbocycles. The van der Waals surface area contributed by atoms with Crippen molar-refractivity contribution in [2.45, 2.75) is 45.8 Å². The molecule has 6 nitrogen and oxygen atoms in total. The van der Waals surface area contributed by atoms with Gasteiger partial charge in [0, 0.05) is 19.7 Å². The Morgan fingerprint density at radius 3 is 2.88 bits per heavy atom. The zero-order valence-electron chi connectivity index (χ0n) is 15.7. The van der Waals surface area contributed by atoms with Crippen LogP contribution in [0, 0.1) is 13.8 Å². The second-order valence-corrected chi connectivity index (χ2v) is 6.82. The normalized spacial score (nSPS) is 17.3. The molecule has 140 valence electrons. The molecule has 2 aromatic rings. The van der Waals surface area contributed by atoms with Crippen LogP contribution < -0.4 is 4.74 Å². The average molecular weight is 358 g/mol. The van der Waals surface area contributed by atoms with E-state index >= 15 is 0 Å². The van der Waals surface area contributed by atoms with E-state index in [2.05, 4.69) is 12.1 Å². The summed E-state index contributed by atoms with van der Waals surface area (Å²) in [7, 11) is 1.66. The number of nitrogens with zero attached hydrogens (tertiary/aromatic N) is 2. The number of piperidine rings is 1. The first-order chi connectivity index (χ1) is 12.6. The second kappa shape index (κ2) is 8.36. The largest absolute Gasteiger partial charge is 0.486 e. The van der Waals surface area contributed by atoms with Crippen LogP contribution in [-0.4, -0.2) is 42.3 Å². The number of rotatable bonds is 6. The van der Waals surface area contributed by atoms with E-state index in [0.717, 1.165) is 31.6 Å². The van der Waals surface area contributed by atoms with Gasteiger partial charge in [-0.3, -0.25) is 4.79 Å². The second-order valence-electron chi connectivity index (χ2n) is 6.82. The van der Waals surface area contributed by atoms with Gasteiger partial charge in [0.05, 0.1) is 12.6 Å². The lowest BCUT2D eigenvalue weighted by molar-refractivity contribution is 0.0419. The number of likely N-dealkylation sites (tertiary alicyclic amines) is 1. The zero-order valence-corrected chi connectivity index (χ0v) is 15.7. The van der Waals surface area contributed by atoms with E-state index in [0.29, 0.717) is 18.1 Å². The highest BCUT2D eigenvalue weighted by Gasteiger charge is 2.29. The summed E-state index contributed by atoms with van der Waals surface area (Å²) >= 11 is 0. The van der Waals surface area contributed by atoms with Gasteiger partial charge in [0.15, 0.2) is 11.5 Å². The topological polar surface area (TPSA) is 64.8 Å². The molecule has 1 aromatic heterocycles. The fraction of sp³-hybridized carbons (Fsp3) is 0.500. The molecule has 0 N–H and O–H groups in total. The lowest BCUT2D eigenvalue weighted by atomic mass is 10.0. The number of hydrogen-bond acceptors (Lipinski definition) is 5. The minimum Gasteiger partial charge on any atom is -0.486 e. The highest BCUT2D eigenvalue weighted by Crippen LogP contribution is 2.21. The lowest BCUT2D eigenvalue weighted by Crippen LogP contribution is -2.46. The number of carbonyl (C=O) groups excluding carboxylic acids is 1. The molecule has 2 heterocycles. The highest BCUT2D eigenvalue weighted by molar-refractivity contribution is 5.92. The van der Waals surface area contributed by atoms with E-state index < -0.39 is 0 Å². The molecule has 1 atom stereocenters. The van der Waals surface area contributed by atoms with Crippen molar-refractivity contribution in [3.8, 4) is 5.75 Å². The molecular formula is C20H26N2O4. The minimum atomic E-state index is -0.104. The first kappa shape index (κ1) is 18.5. The summed E-state index contributed by atoms with van der Waals surface area (Å²) in [6.07, 6.45) is 3.08. The molecule has 0 spiro atoms. The van der Waals surface area contributed by atoms with E-state index in [-0.39, 0.29) is 18.6 Å². The standard InChI is InChI=1S/C20H26N2O4/c1-14-7-8-17(10-15(14)2)25-13-18-11-19(21-26-18)20(23)22-9-5-4-6-16(22)12-24-3/h7-8,10-11,16H,4-6,9,12-13H2,1-3H3. The maximum absolute atomic E-state index is 12.8. The molecule has 1 fully saturated rings. The van der Waals surface area contributed by atoms with Crippen LogP contribution >= 0.6 is 0 Å². The fourth-order valence-electron chi connectivity index (χ4n) is 3.22. The number of hydrogen-bond donors (Lipinski definition) is 0. The first-order valence-electron chi connectivity index (χ1n) is 9.04. The Balaban J connectivity index is 1.63. The van der Waals surface area contributed by atoms with Crippen molar-refractivity contribution >= 4 is 5.91 Å². The van der Waals surface area contributed by atoms with Crippen molar-refractivity contribution in [1.82, 2.24) is 10.1 Å². The number of ether oxygens (including phenoxy) is 2. The Morgan fingerprint density at radius 1 is 1.27 bits per heavy atom. The van der Waals surface area contributed by atoms with Gasteiger partial charge in [-0.05, 0) is 56.4 Å². The first-order valence-corrected chi connectivity index (χ1v) is 9.04. The third-order valence-electron chi connectivity index (χ3n) is 4.88. The molecule has 26 heavy (non-hydrogen) atoms. The molecule has 1 saturated heterocycles. The molecule has 1 aliphatic heterocycles. The molecule has 0 saturated carbocycles. The summed E-state index contributed by atoms with van der Waals surface area (Å²) in [4.78, 5) is 14.6. The maximum atomic E-state index is 12.8. The van der Waals surface area contributed by atoms with Crippen LogP contribution in [0.15, 0.2) is 28.8 Å². The molecule has 1 unspecified atom stereocenters. The van der Waals surface area contributed by atoms with Crippen LogP contribution in [0.1, 0.15) is 46.6 Å². The lowest BCUT2D eigenvalue weighted by Gasteiger charge is -2.34. The third kappa shape index (κ3) is 4.25. The summed E-state index contributed by atoms with van der Waals surface area (Å²) in [5.74, 6) is 1.20. The van der Waals surface area contributed by atoms with Crippen molar-refractivity contribution in [2.24, 2.45) is 0 Å². The number of aryl methyl sites for hydroxylation is 2. The van der Waals surface area contributed by atoms with Crippen molar-refractivity contribution < 1.29 is 18.8 Å². The van der Waals surface area contributed by atoms with Gasteiger partial charge >= 0.3 is 0 Å². The fourth-order valence-corrected chi connectivity index (χ4v) is 3.22. The van der Waals surface area contributed by atoms with Crippen LogP contribution in [0.2, 0.25) is 0 Å². The Kier molecular flexibility index (Phi) is 5.93. The monoisotopic (exact) mass is 358 g/mol. The van der Waals surface area contributed by atoms with Crippen LogP contribution in [0.25, 0.3) is 0 Å². The summed E-state index contributed by atoms with van der Waals surface area (Å²) in [6.45, 7) is 5.62. The van der Waals surface area contributed by atoms with Crippen LogP contribution in [0.5, 0.6) is 5.75 Å². The molecule has 1 aromatic carbocycles. The Morgan fingerprint density at radius 2 is 2.12 bits per heavy atom. The van der Waals surface area contributed by atoms with Crippen molar-refractivity contribution in [3.63, 3.8) is 0 Å². The summed E-state index contributed by atoms with van der Waals surface area (Å²) < 4.78 is 16.3.